The van der Waals surface area contributed by atoms with E-state index in [0.717, 1.165) is 21.4 Å². The van der Waals surface area contributed by atoms with Gasteiger partial charge in [-0.1, -0.05) is 0 Å². The van der Waals surface area contributed by atoms with Crippen LogP contribution in [0.25, 0.3) is 11.0 Å². The molecule has 0 unspecified atom stereocenters. The van der Waals surface area contributed by atoms with E-state index in [9.17, 15) is 0 Å². The molecule has 0 aliphatic carbocycles. The summed E-state index contributed by atoms with van der Waals surface area (Å²) in [6.07, 6.45) is 0. The van der Waals surface area contributed by atoms with E-state index in [4.69, 9.17) is 4.74 Å². The van der Waals surface area contributed by atoms with Crippen LogP contribution in [0.2, 0.25) is 0 Å². The molecule has 0 aliphatic heterocycles. The molecule has 0 N–H and O–H groups in total. The van der Waals surface area contributed by atoms with Crippen LogP contribution >= 0.6 is 0 Å². The second kappa shape index (κ2) is 5.60. The normalized spacial score (nSPS) is 10.8. The van der Waals surface area contributed by atoms with Crippen LogP contribution in [0.1, 0.15) is 0 Å². The van der Waals surface area contributed by atoms with Crippen LogP contribution in [0, 0.1) is 0 Å². The van der Waals surface area contributed by atoms with Crippen molar-refractivity contribution in [3.05, 3.63) is 48.5 Å². The van der Waals surface area contributed by atoms with Crippen LogP contribution in [-0.4, -0.2) is 43.0 Å². The van der Waals surface area contributed by atoms with Crippen LogP contribution in [-0.2, 0) is 4.59 Å². The van der Waals surface area contributed by atoms with Crippen molar-refractivity contribution in [1.29, 1.82) is 0 Å². The zero-order valence-corrected chi connectivity index (χ0v) is 12.8. The third-order valence-electron chi connectivity index (χ3n) is 2.83. The number of fused-ring (bicyclic) bond motifs is 1. The SMILES string of the molecule is COc1ccc([Te]Cn2nnc3ccccc32)cc1. The van der Waals surface area contributed by atoms with Gasteiger partial charge in [-0.3, -0.25) is 0 Å². The second-order valence-electron chi connectivity index (χ2n) is 4.03. The van der Waals surface area contributed by atoms with Crippen molar-refractivity contribution in [3.8, 4) is 5.75 Å². The maximum absolute atomic E-state index is 5.16. The summed E-state index contributed by atoms with van der Waals surface area (Å²) in [5, 5.41) is 8.39. The number of hydrogen-bond acceptors (Lipinski definition) is 3. The number of nitrogens with zero attached hydrogens (tertiary/aromatic N) is 3. The van der Waals surface area contributed by atoms with E-state index in [0.29, 0.717) is 0 Å². The molecule has 19 heavy (non-hydrogen) atoms. The van der Waals surface area contributed by atoms with Gasteiger partial charge in [0, 0.05) is 0 Å². The Labute approximate surface area is 121 Å². The zero-order valence-electron chi connectivity index (χ0n) is 10.5. The van der Waals surface area contributed by atoms with E-state index in [-0.39, 0.29) is 20.9 Å². The van der Waals surface area contributed by atoms with Gasteiger partial charge in [-0.25, -0.2) is 0 Å². The molecule has 0 bridgehead atoms. The molecule has 3 aromatic rings. The fourth-order valence-electron chi connectivity index (χ4n) is 1.82. The first-order valence-corrected chi connectivity index (χ1v) is 8.73. The molecule has 0 aliphatic rings. The van der Waals surface area contributed by atoms with Gasteiger partial charge >= 0.3 is 121 Å². The first kappa shape index (κ1) is 12.5. The van der Waals surface area contributed by atoms with E-state index in [1.54, 1.807) is 7.11 Å². The van der Waals surface area contributed by atoms with Crippen LogP contribution in [0.4, 0.5) is 0 Å². The van der Waals surface area contributed by atoms with E-state index < -0.39 is 0 Å². The average molecular weight is 367 g/mol. The summed E-state index contributed by atoms with van der Waals surface area (Å²) in [6.45, 7) is 0. The van der Waals surface area contributed by atoms with Gasteiger partial charge in [0.1, 0.15) is 0 Å². The van der Waals surface area contributed by atoms with Crippen LogP contribution < -0.4 is 8.35 Å². The van der Waals surface area contributed by atoms with E-state index >= 15 is 0 Å². The Morgan fingerprint density at radius 3 is 2.68 bits per heavy atom. The molecule has 1 heterocycles. The zero-order chi connectivity index (χ0) is 13.1. The third-order valence-corrected chi connectivity index (χ3v) is 5.63. The van der Waals surface area contributed by atoms with Crippen molar-refractivity contribution in [3.63, 3.8) is 0 Å². The van der Waals surface area contributed by atoms with Crippen molar-refractivity contribution in [2.75, 3.05) is 7.11 Å². The molecule has 96 valence electrons. The van der Waals surface area contributed by atoms with Crippen molar-refractivity contribution >= 4 is 35.6 Å². The molecule has 0 saturated carbocycles. The number of para-hydroxylation sites is 1. The molecule has 0 radical (unpaired) electrons. The number of methoxy groups -OCH3 is 1. The van der Waals surface area contributed by atoms with Gasteiger partial charge in [-0.15, -0.1) is 0 Å². The van der Waals surface area contributed by atoms with Gasteiger partial charge in [-0.05, 0) is 0 Å². The summed E-state index contributed by atoms with van der Waals surface area (Å²) < 4.78 is 9.52. The molecule has 2 aromatic carbocycles. The fraction of sp³-hybridized carbons (Fsp3) is 0.143. The summed E-state index contributed by atoms with van der Waals surface area (Å²) in [5.74, 6) is 0.905. The summed E-state index contributed by atoms with van der Waals surface area (Å²) in [7, 11) is 1.69. The predicted octanol–water partition coefficient (Wildman–Crippen LogP) is 1.43. The molecule has 4 nitrogen and oxygen atoms in total. The molecule has 3 rings (SSSR count). The summed E-state index contributed by atoms with van der Waals surface area (Å²) in [6, 6.07) is 16.4. The van der Waals surface area contributed by atoms with Gasteiger partial charge in [0.05, 0.1) is 0 Å². The molecular formula is C14H13N3OTe. The van der Waals surface area contributed by atoms with Gasteiger partial charge in [-0.2, -0.15) is 0 Å². The van der Waals surface area contributed by atoms with Crippen molar-refractivity contribution in [1.82, 2.24) is 15.0 Å². The number of rotatable bonds is 4. The molecule has 0 spiro atoms. The Morgan fingerprint density at radius 1 is 1.11 bits per heavy atom. The number of benzene rings is 2. The predicted molar refractivity (Wildman–Crippen MR) is 75.9 cm³/mol. The standard InChI is InChI=1S/C14H13N3OTe/c1-18-11-6-8-12(9-7-11)19-10-17-14-5-3-2-4-13(14)15-16-17/h2-9H,10H2,1H3. The number of aromatic nitrogens is 3. The van der Waals surface area contributed by atoms with Crippen molar-refractivity contribution in [2.45, 2.75) is 4.59 Å². The second-order valence-corrected chi connectivity index (χ2v) is 6.93. The molecule has 5 heteroatoms. The van der Waals surface area contributed by atoms with Crippen LogP contribution in [0.3, 0.4) is 0 Å². The monoisotopic (exact) mass is 369 g/mol. The van der Waals surface area contributed by atoms with Crippen LogP contribution in [0.5, 0.6) is 5.75 Å². The summed E-state index contributed by atoms with van der Waals surface area (Å²) in [5.41, 5.74) is 2.07. The van der Waals surface area contributed by atoms with E-state index in [2.05, 4.69) is 28.5 Å². The third kappa shape index (κ3) is 2.73. The van der Waals surface area contributed by atoms with Gasteiger partial charge in [0.15, 0.2) is 0 Å². The topological polar surface area (TPSA) is 39.9 Å². The first-order valence-electron chi connectivity index (χ1n) is 5.92. The van der Waals surface area contributed by atoms with Gasteiger partial charge in [0.2, 0.25) is 0 Å². The average Bonchev–Trinajstić information content (AvgIpc) is 2.89. The summed E-state index contributed by atoms with van der Waals surface area (Å²) >= 11 is -0.303. The van der Waals surface area contributed by atoms with E-state index in [1.807, 2.05) is 35.0 Å². The van der Waals surface area contributed by atoms with Crippen molar-refractivity contribution in [2.24, 2.45) is 0 Å². The maximum atomic E-state index is 5.16. The van der Waals surface area contributed by atoms with Gasteiger partial charge in [0.25, 0.3) is 0 Å². The fourth-order valence-corrected chi connectivity index (χ4v) is 4.08. The molecule has 0 amide bonds. The number of hydrogen-bond donors (Lipinski definition) is 0. The minimum atomic E-state index is -0.303. The Hall–Kier alpha value is -1.57. The molecule has 0 fully saturated rings. The molecule has 1 aromatic heterocycles. The Morgan fingerprint density at radius 2 is 1.89 bits per heavy atom. The van der Waals surface area contributed by atoms with Crippen molar-refractivity contribution < 1.29 is 4.74 Å². The molecule has 0 saturated heterocycles. The Balaban J connectivity index is 1.74. The van der Waals surface area contributed by atoms with Crippen LogP contribution in [0.15, 0.2) is 48.5 Å². The quantitative estimate of drug-likeness (QED) is 0.656. The molecule has 0 atom stereocenters. The van der Waals surface area contributed by atoms with Gasteiger partial charge < -0.3 is 0 Å². The first-order chi connectivity index (χ1) is 9.36. The summed E-state index contributed by atoms with van der Waals surface area (Å²) in [4.78, 5) is 0. The Kier molecular flexibility index (Phi) is 3.67. The van der Waals surface area contributed by atoms with E-state index in [1.165, 1.54) is 3.61 Å². The number of ether oxygens (including phenoxy) is 1. The molecular weight excluding hydrogens is 354 g/mol. The minimum absolute atomic E-state index is 0.303. The Bertz CT molecular complexity index is 678.